The fourth-order valence-corrected chi connectivity index (χ4v) is 2.53. The smallest absolute Gasteiger partial charge is 0.247 e. The number of hydrogen-bond acceptors (Lipinski definition) is 4. The molecular weight excluding hydrogens is 208 g/mol. The molecule has 0 aromatic carbocycles. The van der Waals surface area contributed by atoms with Gasteiger partial charge in [0.2, 0.25) is 10.0 Å². The van der Waals surface area contributed by atoms with Crippen molar-refractivity contribution in [3.8, 4) is 0 Å². The summed E-state index contributed by atoms with van der Waals surface area (Å²) in [5.74, 6) is 0. The fraction of sp³-hybridized carbons (Fsp3) is 0.143. The predicted octanol–water partition coefficient (Wildman–Crippen LogP) is 0.581. The molecule has 1 atom stereocenters. The van der Waals surface area contributed by atoms with E-state index in [0.717, 1.165) is 16.2 Å². The van der Waals surface area contributed by atoms with E-state index in [1.165, 1.54) is 6.07 Å². The molecule has 0 spiro atoms. The van der Waals surface area contributed by atoms with Crippen LogP contribution in [0.1, 0.15) is 10.9 Å². The van der Waals surface area contributed by atoms with E-state index in [1.54, 1.807) is 12.1 Å². The van der Waals surface area contributed by atoms with E-state index in [2.05, 4.69) is 6.58 Å². The van der Waals surface area contributed by atoms with Gasteiger partial charge in [-0.1, -0.05) is 6.08 Å². The molecule has 0 aliphatic rings. The summed E-state index contributed by atoms with van der Waals surface area (Å²) in [6.45, 7) is 3.51. The van der Waals surface area contributed by atoms with Crippen LogP contribution in [0.4, 0.5) is 0 Å². The zero-order valence-corrected chi connectivity index (χ0v) is 8.44. The van der Waals surface area contributed by atoms with E-state index < -0.39 is 10.0 Å². The van der Waals surface area contributed by atoms with Gasteiger partial charge in [-0.2, -0.15) is 0 Å². The molecule has 1 aromatic rings. The highest BCUT2D eigenvalue weighted by atomic mass is 32.2. The van der Waals surface area contributed by atoms with E-state index in [-0.39, 0.29) is 10.3 Å². The molecule has 1 aromatic heterocycles. The lowest BCUT2D eigenvalue weighted by atomic mass is 10.2. The molecule has 0 saturated heterocycles. The Balaban J connectivity index is 3.07. The van der Waals surface area contributed by atoms with Gasteiger partial charge >= 0.3 is 0 Å². The van der Waals surface area contributed by atoms with Crippen LogP contribution in [0.25, 0.3) is 0 Å². The SMILES string of the molecule is C=CC(N)c1ccc(S(N)(=O)=O)s1. The minimum Gasteiger partial charge on any atom is -0.320 e. The van der Waals surface area contributed by atoms with Gasteiger partial charge in [0.1, 0.15) is 4.21 Å². The summed E-state index contributed by atoms with van der Waals surface area (Å²) in [4.78, 5) is 0.735. The molecule has 4 nitrogen and oxygen atoms in total. The maximum Gasteiger partial charge on any atom is 0.247 e. The minimum absolute atomic E-state index is 0.125. The molecule has 0 fully saturated rings. The average molecular weight is 218 g/mol. The molecular formula is C7H10N2O2S2. The second-order valence-corrected chi connectivity index (χ2v) is 5.37. The van der Waals surface area contributed by atoms with Crippen molar-refractivity contribution in [1.29, 1.82) is 0 Å². The van der Waals surface area contributed by atoms with Crippen LogP contribution in [0.2, 0.25) is 0 Å². The van der Waals surface area contributed by atoms with Gasteiger partial charge in [-0.15, -0.1) is 17.9 Å². The van der Waals surface area contributed by atoms with Gasteiger partial charge < -0.3 is 5.73 Å². The fourth-order valence-electron chi connectivity index (χ4n) is 0.783. The second-order valence-electron chi connectivity index (χ2n) is 2.46. The van der Waals surface area contributed by atoms with Crippen LogP contribution in [0.15, 0.2) is 29.0 Å². The molecule has 0 saturated carbocycles. The van der Waals surface area contributed by atoms with Gasteiger partial charge in [0.25, 0.3) is 0 Å². The van der Waals surface area contributed by atoms with Gasteiger partial charge in [-0.3, -0.25) is 0 Å². The zero-order valence-electron chi connectivity index (χ0n) is 6.80. The first-order valence-corrected chi connectivity index (χ1v) is 5.82. The third-order valence-electron chi connectivity index (χ3n) is 1.47. The number of hydrogen-bond donors (Lipinski definition) is 2. The van der Waals surface area contributed by atoms with Crippen LogP contribution in [-0.2, 0) is 10.0 Å². The highest BCUT2D eigenvalue weighted by molar-refractivity contribution is 7.91. The topological polar surface area (TPSA) is 86.2 Å². The number of nitrogens with two attached hydrogens (primary N) is 2. The molecule has 4 N–H and O–H groups in total. The van der Waals surface area contributed by atoms with Crippen LogP contribution in [-0.4, -0.2) is 8.42 Å². The molecule has 6 heteroatoms. The molecule has 1 rings (SSSR count). The second kappa shape index (κ2) is 3.59. The molecule has 1 heterocycles. The number of sulfonamides is 1. The van der Waals surface area contributed by atoms with Gasteiger partial charge in [0.15, 0.2) is 0 Å². The predicted molar refractivity (Wildman–Crippen MR) is 52.8 cm³/mol. The van der Waals surface area contributed by atoms with Crippen molar-refractivity contribution < 1.29 is 8.42 Å². The summed E-state index contributed by atoms with van der Waals surface area (Å²) in [5.41, 5.74) is 5.61. The highest BCUT2D eigenvalue weighted by Crippen LogP contribution is 2.24. The maximum atomic E-state index is 10.9. The quantitative estimate of drug-likeness (QED) is 0.728. The third kappa shape index (κ3) is 2.38. The lowest BCUT2D eigenvalue weighted by Crippen LogP contribution is -2.10. The van der Waals surface area contributed by atoms with E-state index >= 15 is 0 Å². The zero-order chi connectivity index (χ0) is 10.1. The Bertz CT molecular complexity index is 408. The van der Waals surface area contributed by atoms with Crippen molar-refractivity contribution in [3.05, 3.63) is 29.7 Å². The van der Waals surface area contributed by atoms with E-state index in [0.29, 0.717) is 0 Å². The Morgan fingerprint density at radius 2 is 2.15 bits per heavy atom. The van der Waals surface area contributed by atoms with Crippen molar-refractivity contribution in [2.45, 2.75) is 10.3 Å². The summed E-state index contributed by atoms with van der Waals surface area (Å²) >= 11 is 1.06. The van der Waals surface area contributed by atoms with Crippen LogP contribution in [0, 0.1) is 0 Å². The highest BCUT2D eigenvalue weighted by Gasteiger charge is 2.13. The normalized spacial score (nSPS) is 14.0. The molecule has 1 unspecified atom stereocenters. The van der Waals surface area contributed by atoms with Gasteiger partial charge in [0.05, 0.1) is 6.04 Å². The minimum atomic E-state index is -3.60. The first-order chi connectivity index (χ1) is 5.95. The molecule has 0 aliphatic heterocycles. The van der Waals surface area contributed by atoms with Crippen molar-refractivity contribution in [1.82, 2.24) is 0 Å². The number of thiophene rings is 1. The summed E-state index contributed by atoms with van der Waals surface area (Å²) in [5, 5.41) is 4.93. The number of rotatable bonds is 3. The lowest BCUT2D eigenvalue weighted by molar-refractivity contribution is 0.600. The molecule has 0 radical (unpaired) electrons. The Kier molecular flexibility index (Phi) is 2.87. The van der Waals surface area contributed by atoms with Crippen molar-refractivity contribution >= 4 is 21.4 Å². The molecule has 0 amide bonds. The summed E-state index contributed by atoms with van der Waals surface area (Å²) < 4.78 is 21.9. The Labute approximate surface area is 80.9 Å². The Hall–Kier alpha value is -0.690. The monoisotopic (exact) mass is 218 g/mol. The third-order valence-corrected chi connectivity index (χ3v) is 4.09. The molecule has 13 heavy (non-hydrogen) atoms. The van der Waals surface area contributed by atoms with Gasteiger partial charge in [0, 0.05) is 4.88 Å². The largest absolute Gasteiger partial charge is 0.320 e. The first kappa shape index (κ1) is 10.4. The summed E-state index contributed by atoms with van der Waals surface area (Å²) in [6, 6.07) is 2.75. The van der Waals surface area contributed by atoms with Crippen LogP contribution in [0.3, 0.4) is 0 Å². The van der Waals surface area contributed by atoms with E-state index in [9.17, 15) is 8.42 Å². The van der Waals surface area contributed by atoms with Gasteiger partial charge in [-0.05, 0) is 12.1 Å². The standard InChI is InChI=1S/C7H10N2O2S2/c1-2-5(8)6-3-4-7(12-6)13(9,10)11/h2-5H,1,8H2,(H2,9,10,11). The lowest BCUT2D eigenvalue weighted by Gasteiger charge is -1.99. The van der Waals surface area contributed by atoms with Crippen LogP contribution in [0.5, 0.6) is 0 Å². The number of primary sulfonamides is 1. The van der Waals surface area contributed by atoms with Crippen molar-refractivity contribution in [3.63, 3.8) is 0 Å². The van der Waals surface area contributed by atoms with Crippen molar-refractivity contribution in [2.24, 2.45) is 10.9 Å². The van der Waals surface area contributed by atoms with Crippen LogP contribution >= 0.6 is 11.3 Å². The van der Waals surface area contributed by atoms with E-state index in [4.69, 9.17) is 10.9 Å². The average Bonchev–Trinajstić information content (AvgIpc) is 2.50. The van der Waals surface area contributed by atoms with Crippen molar-refractivity contribution in [2.75, 3.05) is 0 Å². The summed E-state index contributed by atoms with van der Waals surface area (Å²) in [6.07, 6.45) is 1.54. The Morgan fingerprint density at radius 1 is 1.54 bits per heavy atom. The Morgan fingerprint density at radius 3 is 2.54 bits per heavy atom. The first-order valence-electron chi connectivity index (χ1n) is 3.46. The summed E-state index contributed by atoms with van der Waals surface area (Å²) in [7, 11) is -3.60. The van der Waals surface area contributed by atoms with Crippen LogP contribution < -0.4 is 10.9 Å². The molecule has 72 valence electrons. The van der Waals surface area contributed by atoms with Gasteiger partial charge in [-0.25, -0.2) is 13.6 Å². The molecule has 0 aliphatic carbocycles. The van der Waals surface area contributed by atoms with E-state index in [1.807, 2.05) is 0 Å². The maximum absolute atomic E-state index is 10.9. The molecule has 0 bridgehead atoms.